The molecule has 0 amide bonds. The summed E-state index contributed by atoms with van der Waals surface area (Å²) >= 11 is 0. The minimum absolute atomic E-state index is 0.266. The summed E-state index contributed by atoms with van der Waals surface area (Å²) in [4.78, 5) is 0. The zero-order valence-corrected chi connectivity index (χ0v) is 9.65. The first-order valence-corrected chi connectivity index (χ1v) is 4.90. The lowest BCUT2D eigenvalue weighted by atomic mass is 9.80. The molecular weight excluding hydrogens is 156 g/mol. The summed E-state index contributed by atoms with van der Waals surface area (Å²) < 4.78 is 0. The van der Waals surface area contributed by atoms with Crippen LogP contribution in [-0.4, -0.2) is 0 Å². The van der Waals surface area contributed by atoms with Gasteiger partial charge >= 0.3 is 0 Å². The molecule has 0 radical (unpaired) electrons. The third kappa shape index (κ3) is 2.12. The Morgan fingerprint density at radius 1 is 0.846 bits per heavy atom. The molecule has 72 valence electrons. The van der Waals surface area contributed by atoms with Gasteiger partial charge in [-0.25, -0.2) is 0 Å². The van der Waals surface area contributed by atoms with E-state index < -0.39 is 0 Å². The molecule has 0 heteroatoms. The van der Waals surface area contributed by atoms with Gasteiger partial charge in [0.2, 0.25) is 0 Å². The molecule has 13 heavy (non-hydrogen) atoms. The molecule has 0 saturated carbocycles. The molecule has 0 spiro atoms. The molecule has 0 saturated heterocycles. The maximum atomic E-state index is 2.28. The van der Waals surface area contributed by atoms with E-state index in [1.165, 1.54) is 22.3 Å². The van der Waals surface area contributed by atoms with Gasteiger partial charge in [-0.2, -0.15) is 0 Å². The monoisotopic (exact) mass is 176 g/mol. The average molecular weight is 176 g/mol. The number of hydrogen-bond donors (Lipinski definition) is 0. The van der Waals surface area contributed by atoms with Gasteiger partial charge in [-0.3, -0.25) is 0 Å². The van der Waals surface area contributed by atoms with Gasteiger partial charge in [0.05, 0.1) is 0 Å². The Morgan fingerprint density at radius 2 is 1.23 bits per heavy atom. The molecule has 0 unspecified atom stereocenters. The van der Waals surface area contributed by atoms with E-state index in [2.05, 4.69) is 53.7 Å². The van der Waals surface area contributed by atoms with Crippen molar-refractivity contribution in [2.24, 2.45) is 0 Å². The van der Waals surface area contributed by atoms with Crippen LogP contribution >= 0.6 is 0 Å². The second-order valence-corrected chi connectivity index (χ2v) is 5.02. The van der Waals surface area contributed by atoms with Crippen molar-refractivity contribution < 1.29 is 0 Å². The van der Waals surface area contributed by atoms with Crippen molar-refractivity contribution in [3.8, 4) is 0 Å². The van der Waals surface area contributed by atoms with Crippen molar-refractivity contribution in [2.45, 2.75) is 47.0 Å². The van der Waals surface area contributed by atoms with Gasteiger partial charge < -0.3 is 0 Å². The lowest BCUT2D eigenvalue weighted by molar-refractivity contribution is 0.581. The van der Waals surface area contributed by atoms with Gasteiger partial charge in [-0.15, -0.1) is 0 Å². The van der Waals surface area contributed by atoms with Gasteiger partial charge in [0, 0.05) is 0 Å². The summed E-state index contributed by atoms with van der Waals surface area (Å²) in [5, 5.41) is 0. The number of hydrogen-bond acceptors (Lipinski definition) is 0. The molecule has 0 aliphatic heterocycles. The molecule has 0 N–H and O–H groups in total. The van der Waals surface area contributed by atoms with E-state index in [1.807, 2.05) is 0 Å². The smallest absolute Gasteiger partial charge is 0.0127 e. The van der Waals surface area contributed by atoms with E-state index in [-0.39, 0.29) is 5.41 Å². The molecule has 0 heterocycles. The number of benzene rings is 1. The summed E-state index contributed by atoms with van der Waals surface area (Å²) in [6.07, 6.45) is 0. The van der Waals surface area contributed by atoms with Crippen LogP contribution in [0, 0.1) is 20.8 Å². The van der Waals surface area contributed by atoms with Crippen LogP contribution in [0.15, 0.2) is 12.1 Å². The predicted octanol–water partition coefficient (Wildman–Crippen LogP) is 3.91. The minimum Gasteiger partial charge on any atom is -0.0561 e. The van der Waals surface area contributed by atoms with Crippen molar-refractivity contribution in [3.05, 3.63) is 34.4 Å². The molecule has 0 bridgehead atoms. The molecule has 0 atom stereocenters. The minimum atomic E-state index is 0.266. The Labute approximate surface area is 82.0 Å². The van der Waals surface area contributed by atoms with E-state index in [4.69, 9.17) is 0 Å². The van der Waals surface area contributed by atoms with Crippen LogP contribution in [0.1, 0.15) is 43.0 Å². The lowest BCUT2D eigenvalue weighted by Crippen LogP contribution is -2.15. The van der Waals surface area contributed by atoms with Gasteiger partial charge in [0.1, 0.15) is 0 Å². The van der Waals surface area contributed by atoms with E-state index >= 15 is 0 Å². The standard InChI is InChI=1S/C13H20/c1-9-7-10(2)12(11(3)8-9)13(4,5)6/h7-8H,1-6H3. The van der Waals surface area contributed by atoms with Gasteiger partial charge in [-0.05, 0) is 42.9 Å². The van der Waals surface area contributed by atoms with E-state index in [1.54, 1.807) is 0 Å². The van der Waals surface area contributed by atoms with Crippen LogP contribution < -0.4 is 0 Å². The Hall–Kier alpha value is -0.780. The highest BCUT2D eigenvalue weighted by Gasteiger charge is 2.18. The maximum absolute atomic E-state index is 2.28. The van der Waals surface area contributed by atoms with E-state index in [9.17, 15) is 0 Å². The van der Waals surface area contributed by atoms with Gasteiger partial charge in [0.25, 0.3) is 0 Å². The highest BCUT2D eigenvalue weighted by molar-refractivity contribution is 5.41. The summed E-state index contributed by atoms with van der Waals surface area (Å²) in [7, 11) is 0. The molecule has 1 aromatic carbocycles. The zero-order chi connectivity index (χ0) is 10.2. The van der Waals surface area contributed by atoms with Crippen molar-refractivity contribution in [3.63, 3.8) is 0 Å². The molecule has 1 aromatic rings. The maximum Gasteiger partial charge on any atom is -0.0127 e. The first-order valence-electron chi connectivity index (χ1n) is 4.90. The van der Waals surface area contributed by atoms with Crippen LogP contribution in [0.3, 0.4) is 0 Å². The highest BCUT2D eigenvalue weighted by atomic mass is 14.2. The normalized spacial score (nSPS) is 11.8. The third-order valence-corrected chi connectivity index (χ3v) is 2.43. The largest absolute Gasteiger partial charge is 0.0561 e. The third-order valence-electron chi connectivity index (χ3n) is 2.43. The van der Waals surface area contributed by atoms with Crippen molar-refractivity contribution >= 4 is 0 Å². The second kappa shape index (κ2) is 3.17. The Bertz CT molecular complexity index is 290. The molecule has 0 aliphatic rings. The van der Waals surface area contributed by atoms with Crippen LogP contribution in [0.4, 0.5) is 0 Å². The number of aryl methyl sites for hydroxylation is 3. The molecule has 0 aliphatic carbocycles. The fourth-order valence-corrected chi connectivity index (χ4v) is 2.36. The van der Waals surface area contributed by atoms with E-state index in [0.717, 1.165) is 0 Å². The fraction of sp³-hybridized carbons (Fsp3) is 0.538. The van der Waals surface area contributed by atoms with E-state index in [0.29, 0.717) is 0 Å². The van der Waals surface area contributed by atoms with Crippen LogP contribution in [0.2, 0.25) is 0 Å². The molecule has 1 rings (SSSR count). The quantitative estimate of drug-likeness (QED) is 0.562. The Morgan fingerprint density at radius 3 is 1.54 bits per heavy atom. The first-order chi connectivity index (χ1) is 5.82. The summed E-state index contributed by atoms with van der Waals surface area (Å²) in [6, 6.07) is 4.54. The predicted molar refractivity (Wildman–Crippen MR) is 59.4 cm³/mol. The number of rotatable bonds is 0. The molecule has 0 nitrogen and oxygen atoms in total. The second-order valence-electron chi connectivity index (χ2n) is 5.02. The summed E-state index contributed by atoms with van der Waals surface area (Å²) in [5.74, 6) is 0. The fourth-order valence-electron chi connectivity index (χ4n) is 2.36. The van der Waals surface area contributed by atoms with Crippen molar-refractivity contribution in [2.75, 3.05) is 0 Å². The summed E-state index contributed by atoms with van der Waals surface area (Å²) in [6.45, 7) is 13.4. The van der Waals surface area contributed by atoms with Gasteiger partial charge in [-0.1, -0.05) is 38.5 Å². The molecule has 0 aromatic heterocycles. The van der Waals surface area contributed by atoms with Crippen LogP contribution in [-0.2, 0) is 5.41 Å². The topological polar surface area (TPSA) is 0 Å². The van der Waals surface area contributed by atoms with Crippen molar-refractivity contribution in [1.82, 2.24) is 0 Å². The molecular formula is C13H20. The van der Waals surface area contributed by atoms with Crippen LogP contribution in [0.5, 0.6) is 0 Å². The average Bonchev–Trinajstić information content (AvgIpc) is 1.78. The molecule has 0 fully saturated rings. The Kier molecular flexibility index (Phi) is 2.51. The SMILES string of the molecule is Cc1cc(C)c(C(C)(C)C)c(C)c1. The van der Waals surface area contributed by atoms with Gasteiger partial charge in [0.15, 0.2) is 0 Å². The van der Waals surface area contributed by atoms with Crippen molar-refractivity contribution in [1.29, 1.82) is 0 Å². The highest BCUT2D eigenvalue weighted by Crippen LogP contribution is 2.29. The Balaban J connectivity index is 3.38. The summed E-state index contributed by atoms with van der Waals surface area (Å²) in [5.41, 5.74) is 5.97. The van der Waals surface area contributed by atoms with Crippen LogP contribution in [0.25, 0.3) is 0 Å². The lowest BCUT2D eigenvalue weighted by Gasteiger charge is -2.24. The first kappa shape index (κ1) is 10.3. The zero-order valence-electron chi connectivity index (χ0n) is 9.65.